The molecule has 0 aromatic carbocycles. The molecule has 1 unspecified atom stereocenters. The smallest absolute Gasteiger partial charge is 0.371 e. The average molecular weight is 341 g/mol. The van der Waals surface area contributed by atoms with E-state index in [4.69, 9.17) is 13.6 Å². The lowest BCUT2D eigenvalue weighted by Gasteiger charge is -2.49. The Hall–Kier alpha value is -0.163. The van der Waals surface area contributed by atoms with Crippen LogP contribution in [0.3, 0.4) is 0 Å². The third kappa shape index (κ3) is 4.47. The Morgan fingerprint density at radius 2 is 1.78 bits per heavy atom. The van der Waals surface area contributed by atoms with E-state index < -0.39 is 8.56 Å². The summed E-state index contributed by atoms with van der Waals surface area (Å²) in [6, 6.07) is 1.09. The first-order valence-corrected chi connectivity index (χ1v) is 11.8. The topological polar surface area (TPSA) is 27.7 Å². The summed E-state index contributed by atoms with van der Waals surface area (Å²) in [7, 11) is -2.32. The van der Waals surface area contributed by atoms with E-state index in [9.17, 15) is 0 Å². The minimum Gasteiger partial charge on any atom is -0.393 e. The highest BCUT2D eigenvalue weighted by atomic mass is 28.4. The highest BCUT2D eigenvalue weighted by molar-refractivity contribution is 6.70. The summed E-state index contributed by atoms with van der Waals surface area (Å²) in [5.41, 5.74) is 1.64. The van der Waals surface area contributed by atoms with Crippen molar-refractivity contribution in [1.29, 1.82) is 0 Å². The Morgan fingerprint density at radius 1 is 1.00 bits per heavy atom. The number of allylic oxidation sites excluding steroid dienone is 2. The highest BCUT2D eigenvalue weighted by Crippen LogP contribution is 2.44. The summed E-state index contributed by atoms with van der Waals surface area (Å²) < 4.78 is 19.3. The van der Waals surface area contributed by atoms with Crippen LogP contribution in [0.2, 0.25) is 6.04 Å². The van der Waals surface area contributed by atoms with E-state index in [-0.39, 0.29) is 5.22 Å². The van der Waals surface area contributed by atoms with Crippen molar-refractivity contribution in [2.75, 3.05) is 19.8 Å². The van der Waals surface area contributed by atoms with Crippen molar-refractivity contribution in [1.82, 2.24) is 0 Å². The van der Waals surface area contributed by atoms with Crippen LogP contribution in [0.25, 0.3) is 0 Å². The van der Waals surface area contributed by atoms with Gasteiger partial charge < -0.3 is 13.6 Å². The van der Waals surface area contributed by atoms with Crippen molar-refractivity contribution in [3.05, 3.63) is 11.6 Å². The molecule has 0 aromatic rings. The van der Waals surface area contributed by atoms with Crippen LogP contribution in [-0.4, -0.2) is 33.6 Å². The maximum Gasteiger partial charge on any atom is 0.371 e. The van der Waals surface area contributed by atoms with Crippen LogP contribution in [0.5, 0.6) is 0 Å². The number of hydrogen-bond donors (Lipinski definition) is 0. The lowest BCUT2D eigenvalue weighted by Crippen LogP contribution is -2.66. The largest absolute Gasteiger partial charge is 0.393 e. The molecule has 4 heteroatoms. The number of hydrogen-bond acceptors (Lipinski definition) is 3. The van der Waals surface area contributed by atoms with E-state index >= 15 is 0 Å². The van der Waals surface area contributed by atoms with Crippen molar-refractivity contribution < 1.29 is 13.6 Å². The molecule has 23 heavy (non-hydrogen) atoms. The van der Waals surface area contributed by atoms with Crippen molar-refractivity contribution in [3.63, 3.8) is 0 Å². The molecule has 2 rings (SSSR count). The molecular formula is C19H36O3Si. The van der Waals surface area contributed by atoms with Crippen molar-refractivity contribution in [2.24, 2.45) is 0 Å². The summed E-state index contributed by atoms with van der Waals surface area (Å²) in [5.74, 6) is 0. The molecular weight excluding hydrogens is 304 g/mol. The second-order valence-corrected chi connectivity index (χ2v) is 10.4. The molecule has 134 valence electrons. The molecule has 3 nitrogen and oxygen atoms in total. The second-order valence-electron chi connectivity index (χ2n) is 6.86. The molecule has 1 aliphatic carbocycles. The zero-order valence-electron chi connectivity index (χ0n) is 15.5. The van der Waals surface area contributed by atoms with Crippen LogP contribution in [0.15, 0.2) is 11.6 Å². The molecule has 0 amide bonds. The van der Waals surface area contributed by atoms with Gasteiger partial charge in [0.25, 0.3) is 0 Å². The van der Waals surface area contributed by atoms with Gasteiger partial charge in [-0.2, -0.15) is 0 Å². The van der Waals surface area contributed by atoms with Crippen molar-refractivity contribution >= 4 is 8.56 Å². The molecule has 1 saturated heterocycles. The van der Waals surface area contributed by atoms with Gasteiger partial charge in [0.1, 0.15) is 5.22 Å². The summed E-state index contributed by atoms with van der Waals surface area (Å²) in [6.07, 6.45) is 13.5. The Labute approximate surface area is 144 Å². The Kier molecular flexibility index (Phi) is 7.79. The van der Waals surface area contributed by atoms with E-state index in [1.807, 2.05) is 0 Å². The predicted octanol–water partition coefficient (Wildman–Crippen LogP) is 5.28. The van der Waals surface area contributed by atoms with Crippen LogP contribution in [0, 0.1) is 0 Å². The van der Waals surface area contributed by atoms with Crippen LogP contribution in [-0.2, 0) is 13.6 Å². The summed E-state index contributed by atoms with van der Waals surface area (Å²) >= 11 is 0. The monoisotopic (exact) mass is 340 g/mol. The van der Waals surface area contributed by atoms with Gasteiger partial charge in [-0.3, -0.25) is 0 Å². The van der Waals surface area contributed by atoms with Crippen molar-refractivity contribution in [3.8, 4) is 0 Å². The first kappa shape index (κ1) is 19.2. The zero-order valence-corrected chi connectivity index (χ0v) is 16.5. The van der Waals surface area contributed by atoms with Gasteiger partial charge in [-0.05, 0) is 71.8 Å². The molecule has 0 aromatic heterocycles. The highest BCUT2D eigenvalue weighted by Gasteiger charge is 2.59. The lowest BCUT2D eigenvalue weighted by atomic mass is 9.93. The number of rotatable bonds is 9. The van der Waals surface area contributed by atoms with E-state index in [0.29, 0.717) is 0 Å². The van der Waals surface area contributed by atoms with Gasteiger partial charge in [0, 0.05) is 19.8 Å². The van der Waals surface area contributed by atoms with Crippen LogP contribution in [0.4, 0.5) is 0 Å². The lowest BCUT2D eigenvalue weighted by molar-refractivity contribution is -0.0454. The maximum absolute atomic E-state index is 6.47. The van der Waals surface area contributed by atoms with Gasteiger partial charge in [-0.1, -0.05) is 24.5 Å². The molecule has 1 fully saturated rings. The van der Waals surface area contributed by atoms with Gasteiger partial charge in [-0.15, -0.1) is 0 Å². The van der Waals surface area contributed by atoms with Crippen LogP contribution in [0.1, 0.15) is 78.6 Å². The van der Waals surface area contributed by atoms with Crippen LogP contribution < -0.4 is 0 Å². The van der Waals surface area contributed by atoms with Gasteiger partial charge >= 0.3 is 8.56 Å². The first-order chi connectivity index (χ1) is 11.2. The normalized spacial score (nSPS) is 27.7. The quantitative estimate of drug-likeness (QED) is 0.422. The molecule has 0 radical (unpaired) electrons. The fourth-order valence-corrected chi connectivity index (χ4v) is 8.87. The zero-order chi connectivity index (χ0) is 16.6. The van der Waals surface area contributed by atoms with E-state index in [0.717, 1.165) is 45.1 Å². The molecule has 0 spiro atoms. The summed E-state index contributed by atoms with van der Waals surface area (Å²) in [4.78, 5) is 0. The van der Waals surface area contributed by atoms with Crippen molar-refractivity contribution in [2.45, 2.75) is 89.8 Å². The molecule has 1 atom stereocenters. The summed E-state index contributed by atoms with van der Waals surface area (Å²) in [5, 5.41) is -0.149. The fraction of sp³-hybridized carbons (Fsp3) is 0.895. The SMILES string of the molecule is CCOC1(CCC2=CCCCC2)CCCC[Si]1(OCC)OCC. The van der Waals surface area contributed by atoms with E-state index in [1.54, 1.807) is 5.57 Å². The van der Waals surface area contributed by atoms with Gasteiger partial charge in [0.15, 0.2) is 0 Å². The third-order valence-electron chi connectivity index (χ3n) is 5.44. The molecule has 1 heterocycles. The molecule has 0 N–H and O–H groups in total. The van der Waals surface area contributed by atoms with Gasteiger partial charge in [0.2, 0.25) is 0 Å². The second kappa shape index (κ2) is 9.35. The Balaban J connectivity index is 2.19. The van der Waals surface area contributed by atoms with E-state index in [2.05, 4.69) is 26.8 Å². The maximum atomic E-state index is 6.47. The molecule has 1 aliphatic heterocycles. The van der Waals surface area contributed by atoms with Gasteiger partial charge in [0.05, 0.1) is 0 Å². The standard InChI is InChI=1S/C19H36O3Si/c1-4-20-19(16-14-18-12-8-7-9-13-18)15-10-11-17-23(19,21-5-2)22-6-3/h12H,4-11,13-17H2,1-3H3. The minimum absolute atomic E-state index is 0.149. The Morgan fingerprint density at radius 3 is 2.39 bits per heavy atom. The number of ether oxygens (including phenoxy) is 1. The van der Waals surface area contributed by atoms with Gasteiger partial charge in [-0.25, -0.2) is 0 Å². The molecule has 0 bridgehead atoms. The summed E-state index contributed by atoms with van der Waals surface area (Å²) in [6.45, 7) is 8.56. The fourth-order valence-electron chi connectivity index (χ4n) is 4.44. The first-order valence-electron chi connectivity index (χ1n) is 9.81. The molecule has 0 saturated carbocycles. The third-order valence-corrected chi connectivity index (χ3v) is 10.00. The Bertz CT molecular complexity index is 367. The van der Waals surface area contributed by atoms with E-state index in [1.165, 1.54) is 38.5 Å². The molecule has 2 aliphatic rings. The minimum atomic E-state index is -2.32. The predicted molar refractivity (Wildman–Crippen MR) is 97.8 cm³/mol. The van der Waals surface area contributed by atoms with Crippen LogP contribution >= 0.6 is 0 Å². The average Bonchev–Trinajstić information content (AvgIpc) is 2.57.